The maximum absolute atomic E-state index is 14.5. The molecular weight excluding hydrogens is 421 g/mol. The van der Waals surface area contributed by atoms with E-state index in [9.17, 15) is 13.2 Å². The first-order valence-electron chi connectivity index (χ1n) is 10.2. The van der Waals surface area contributed by atoms with Crippen molar-refractivity contribution in [3.63, 3.8) is 0 Å². The number of hydrogen-bond donors (Lipinski definition) is 0. The number of aromatic nitrogens is 5. The van der Waals surface area contributed by atoms with Gasteiger partial charge < -0.3 is 9.42 Å². The number of hydrogen-bond acceptors (Lipinski definition) is 6. The van der Waals surface area contributed by atoms with Crippen LogP contribution in [0.4, 0.5) is 19.0 Å². The van der Waals surface area contributed by atoms with Gasteiger partial charge in [-0.3, -0.25) is 4.68 Å². The molecule has 1 aromatic carbocycles. The quantitative estimate of drug-likeness (QED) is 0.462. The average molecular weight is 440 g/mol. The van der Waals surface area contributed by atoms with Crippen LogP contribution in [0.3, 0.4) is 0 Å². The van der Waals surface area contributed by atoms with Gasteiger partial charge in [-0.2, -0.15) is 5.10 Å². The van der Waals surface area contributed by atoms with Crippen molar-refractivity contribution < 1.29 is 17.7 Å². The highest BCUT2D eigenvalue weighted by atomic mass is 19.1. The standard InChI is InChI=1S/C22H19F3N6O/c23-15-5-3-8-30(13-15)22-17(25)11-26-21(27-22)19-10-20(18-7-9-32-29-18)31(28-19)12-14-4-1-2-6-16(14)24/h1-2,4,6-7,9-11,15H,3,5,8,12-13H2. The van der Waals surface area contributed by atoms with Crippen LogP contribution >= 0.6 is 0 Å². The van der Waals surface area contributed by atoms with Gasteiger partial charge in [0.1, 0.15) is 29.6 Å². The van der Waals surface area contributed by atoms with Crippen LogP contribution in [0.15, 0.2) is 53.4 Å². The van der Waals surface area contributed by atoms with E-state index in [1.54, 1.807) is 39.9 Å². The Hall–Kier alpha value is -3.69. The molecule has 1 unspecified atom stereocenters. The fourth-order valence-corrected chi connectivity index (χ4v) is 3.81. The molecule has 5 rings (SSSR count). The fraction of sp³-hybridized carbons (Fsp3) is 0.273. The number of benzene rings is 1. The van der Waals surface area contributed by atoms with Gasteiger partial charge in [0, 0.05) is 18.2 Å². The number of alkyl halides is 1. The van der Waals surface area contributed by atoms with Crippen LogP contribution in [-0.4, -0.2) is 44.2 Å². The van der Waals surface area contributed by atoms with Crippen LogP contribution < -0.4 is 4.90 Å². The van der Waals surface area contributed by atoms with Crippen molar-refractivity contribution in [3.05, 3.63) is 66.1 Å². The third-order valence-electron chi connectivity index (χ3n) is 5.38. The molecule has 1 atom stereocenters. The van der Waals surface area contributed by atoms with Gasteiger partial charge in [0.25, 0.3) is 0 Å². The molecule has 3 aromatic heterocycles. The SMILES string of the molecule is Fc1ccccc1Cn1nc(-c2ncc(F)c(N3CCCC(F)C3)n2)cc1-c1ccon1. The summed E-state index contributed by atoms with van der Waals surface area (Å²) in [5.74, 6) is -0.754. The molecule has 32 heavy (non-hydrogen) atoms. The lowest BCUT2D eigenvalue weighted by atomic mass is 10.1. The maximum Gasteiger partial charge on any atom is 0.183 e. The van der Waals surface area contributed by atoms with Gasteiger partial charge in [-0.15, -0.1) is 0 Å². The molecule has 1 saturated heterocycles. The first kappa shape index (κ1) is 20.2. The van der Waals surface area contributed by atoms with E-state index in [0.29, 0.717) is 42.0 Å². The number of halogens is 3. The van der Waals surface area contributed by atoms with E-state index >= 15 is 0 Å². The Kier molecular flexibility index (Phi) is 5.34. The molecule has 1 aliphatic rings. The van der Waals surface area contributed by atoms with Crippen molar-refractivity contribution >= 4 is 5.82 Å². The molecule has 1 fully saturated rings. The fourth-order valence-electron chi connectivity index (χ4n) is 3.81. The summed E-state index contributed by atoms with van der Waals surface area (Å²) in [7, 11) is 0. The molecule has 10 heteroatoms. The van der Waals surface area contributed by atoms with Crippen LogP contribution in [0.5, 0.6) is 0 Å². The number of rotatable bonds is 5. The van der Waals surface area contributed by atoms with Gasteiger partial charge in [0.2, 0.25) is 0 Å². The first-order valence-corrected chi connectivity index (χ1v) is 10.2. The number of piperidine rings is 1. The number of nitrogens with zero attached hydrogens (tertiary/aromatic N) is 6. The highest BCUT2D eigenvalue weighted by Crippen LogP contribution is 2.28. The lowest BCUT2D eigenvalue weighted by molar-refractivity contribution is 0.285. The largest absolute Gasteiger partial charge is 0.364 e. The summed E-state index contributed by atoms with van der Waals surface area (Å²) < 4.78 is 49.1. The Bertz CT molecular complexity index is 1230. The molecule has 0 aliphatic carbocycles. The molecule has 0 radical (unpaired) electrons. The zero-order valence-corrected chi connectivity index (χ0v) is 17.0. The second kappa shape index (κ2) is 8.45. The third kappa shape index (κ3) is 3.95. The molecule has 0 saturated carbocycles. The van der Waals surface area contributed by atoms with Crippen molar-refractivity contribution in [1.29, 1.82) is 0 Å². The Labute approximate surface area is 181 Å². The van der Waals surface area contributed by atoms with Gasteiger partial charge in [0.05, 0.1) is 25.0 Å². The van der Waals surface area contributed by atoms with Crippen molar-refractivity contribution in [2.24, 2.45) is 0 Å². The van der Waals surface area contributed by atoms with Crippen molar-refractivity contribution in [2.75, 3.05) is 18.0 Å². The predicted octanol–water partition coefficient (Wildman–Crippen LogP) is 4.26. The van der Waals surface area contributed by atoms with E-state index < -0.39 is 12.0 Å². The molecule has 0 N–H and O–H groups in total. The highest BCUT2D eigenvalue weighted by Gasteiger charge is 2.24. The summed E-state index contributed by atoms with van der Waals surface area (Å²) >= 11 is 0. The van der Waals surface area contributed by atoms with Gasteiger partial charge in [0.15, 0.2) is 17.5 Å². The molecule has 1 aliphatic heterocycles. The van der Waals surface area contributed by atoms with E-state index in [2.05, 4.69) is 20.2 Å². The minimum atomic E-state index is -1.03. The van der Waals surface area contributed by atoms with E-state index in [4.69, 9.17) is 4.52 Å². The van der Waals surface area contributed by atoms with Crippen molar-refractivity contribution in [1.82, 2.24) is 24.9 Å². The topological polar surface area (TPSA) is 72.9 Å². The van der Waals surface area contributed by atoms with Crippen LogP contribution in [0.25, 0.3) is 22.9 Å². The Morgan fingerprint density at radius 2 is 1.97 bits per heavy atom. The summed E-state index contributed by atoms with van der Waals surface area (Å²) in [4.78, 5) is 10.0. The van der Waals surface area contributed by atoms with Crippen LogP contribution in [0, 0.1) is 11.6 Å². The summed E-state index contributed by atoms with van der Waals surface area (Å²) in [5.41, 5.74) is 1.86. The van der Waals surface area contributed by atoms with E-state index in [1.165, 1.54) is 12.3 Å². The summed E-state index contributed by atoms with van der Waals surface area (Å²) in [6.45, 7) is 0.734. The Morgan fingerprint density at radius 1 is 1.09 bits per heavy atom. The lowest BCUT2D eigenvalue weighted by Crippen LogP contribution is -2.37. The second-order valence-corrected chi connectivity index (χ2v) is 7.60. The molecule has 0 amide bonds. The lowest BCUT2D eigenvalue weighted by Gasteiger charge is -2.30. The van der Waals surface area contributed by atoms with E-state index in [0.717, 1.165) is 6.20 Å². The third-order valence-corrected chi connectivity index (χ3v) is 5.38. The van der Waals surface area contributed by atoms with E-state index in [1.807, 2.05) is 0 Å². The zero-order chi connectivity index (χ0) is 22.1. The molecule has 7 nitrogen and oxygen atoms in total. The number of anilines is 1. The normalized spacial score (nSPS) is 16.5. The van der Waals surface area contributed by atoms with Crippen molar-refractivity contribution in [3.8, 4) is 22.9 Å². The summed E-state index contributed by atoms with van der Waals surface area (Å²) in [5, 5.41) is 8.48. The van der Waals surface area contributed by atoms with Crippen molar-refractivity contribution in [2.45, 2.75) is 25.6 Å². The Morgan fingerprint density at radius 3 is 2.75 bits per heavy atom. The van der Waals surface area contributed by atoms with Crippen LogP contribution in [0.2, 0.25) is 0 Å². The minimum Gasteiger partial charge on any atom is -0.364 e. The van der Waals surface area contributed by atoms with Crippen LogP contribution in [0.1, 0.15) is 18.4 Å². The van der Waals surface area contributed by atoms with E-state index in [-0.39, 0.29) is 30.5 Å². The smallest absolute Gasteiger partial charge is 0.183 e. The van der Waals surface area contributed by atoms with Gasteiger partial charge in [-0.1, -0.05) is 23.4 Å². The summed E-state index contributed by atoms with van der Waals surface area (Å²) in [6, 6.07) is 9.74. The predicted molar refractivity (Wildman–Crippen MR) is 111 cm³/mol. The minimum absolute atomic E-state index is 0.0454. The second-order valence-electron chi connectivity index (χ2n) is 7.60. The zero-order valence-electron chi connectivity index (χ0n) is 17.0. The Balaban J connectivity index is 1.54. The van der Waals surface area contributed by atoms with Gasteiger partial charge >= 0.3 is 0 Å². The molecule has 4 heterocycles. The van der Waals surface area contributed by atoms with Gasteiger partial charge in [-0.05, 0) is 25.0 Å². The first-order chi connectivity index (χ1) is 15.6. The average Bonchev–Trinajstić information content (AvgIpc) is 3.46. The maximum atomic E-state index is 14.5. The molecule has 4 aromatic rings. The molecule has 0 spiro atoms. The highest BCUT2D eigenvalue weighted by molar-refractivity contribution is 5.63. The monoisotopic (exact) mass is 440 g/mol. The molecular formula is C22H19F3N6O. The summed E-state index contributed by atoms with van der Waals surface area (Å²) in [6.07, 6.45) is 2.53. The van der Waals surface area contributed by atoms with Gasteiger partial charge in [-0.25, -0.2) is 23.1 Å². The molecule has 164 valence electrons. The molecule has 0 bridgehead atoms. The van der Waals surface area contributed by atoms with Crippen LogP contribution in [-0.2, 0) is 6.54 Å².